The molecule has 0 saturated carbocycles. The second-order valence-electron chi connectivity index (χ2n) is 4.81. The number of amides is 2. The van der Waals surface area contributed by atoms with Crippen LogP contribution in [0.25, 0.3) is 11.1 Å². The van der Waals surface area contributed by atoms with Gasteiger partial charge >= 0.3 is 0 Å². The van der Waals surface area contributed by atoms with Gasteiger partial charge in [-0.05, 0) is 17.2 Å². The summed E-state index contributed by atoms with van der Waals surface area (Å²) in [7, 11) is 0. The van der Waals surface area contributed by atoms with Crippen molar-refractivity contribution in [3.63, 3.8) is 0 Å². The third kappa shape index (κ3) is 2.14. The number of benzene rings is 2. The van der Waals surface area contributed by atoms with Gasteiger partial charge in [-0.15, -0.1) is 0 Å². The summed E-state index contributed by atoms with van der Waals surface area (Å²) in [6.45, 7) is 0.129. The van der Waals surface area contributed by atoms with Gasteiger partial charge in [-0.2, -0.15) is 0 Å². The lowest BCUT2D eigenvalue weighted by atomic mass is 9.97. The van der Waals surface area contributed by atoms with E-state index in [1.807, 2.05) is 36.4 Å². The van der Waals surface area contributed by atoms with Gasteiger partial charge in [0.05, 0.1) is 11.1 Å². The Bertz CT molecular complexity index is 722. The fourth-order valence-electron chi connectivity index (χ4n) is 2.58. The van der Waals surface area contributed by atoms with Crippen LogP contribution in [0.15, 0.2) is 48.5 Å². The Labute approximate surface area is 122 Å². The van der Waals surface area contributed by atoms with E-state index in [1.165, 1.54) is 0 Å². The van der Waals surface area contributed by atoms with Crippen LogP contribution < -0.4 is 0 Å². The largest absolute Gasteiger partial charge is 0.303 e. The maximum absolute atomic E-state index is 12.5. The van der Waals surface area contributed by atoms with E-state index in [2.05, 4.69) is 0 Å². The Balaban J connectivity index is 2.09. The van der Waals surface area contributed by atoms with Crippen molar-refractivity contribution in [2.45, 2.75) is 6.42 Å². The lowest BCUT2D eigenvalue weighted by Gasteiger charge is -2.11. The molecule has 0 radical (unpaired) electrons. The van der Waals surface area contributed by atoms with Crippen LogP contribution in [-0.2, 0) is 4.79 Å². The SMILES string of the molecule is O=CCCN1C(=O)c2cccc(-c3ccccc3)c2C1=O. The van der Waals surface area contributed by atoms with Crippen LogP contribution in [0.1, 0.15) is 27.1 Å². The molecule has 1 aliphatic heterocycles. The zero-order chi connectivity index (χ0) is 14.8. The first-order valence-electron chi connectivity index (χ1n) is 6.72. The normalized spacial score (nSPS) is 13.4. The van der Waals surface area contributed by atoms with Crippen molar-refractivity contribution in [2.75, 3.05) is 6.54 Å². The standard InChI is InChI=1S/C17H13NO3/c19-11-5-10-18-16(20)14-9-4-8-13(15(14)17(18)21)12-6-2-1-3-7-12/h1-4,6-9,11H,5,10H2. The Morgan fingerprint density at radius 3 is 2.29 bits per heavy atom. The van der Waals surface area contributed by atoms with E-state index in [9.17, 15) is 14.4 Å². The molecule has 0 aliphatic carbocycles. The van der Waals surface area contributed by atoms with Gasteiger partial charge in [0, 0.05) is 13.0 Å². The average molecular weight is 279 g/mol. The van der Waals surface area contributed by atoms with Crippen LogP contribution in [0.3, 0.4) is 0 Å². The van der Waals surface area contributed by atoms with Gasteiger partial charge in [0.1, 0.15) is 6.29 Å². The quantitative estimate of drug-likeness (QED) is 0.638. The summed E-state index contributed by atoms with van der Waals surface area (Å²) in [5, 5.41) is 0. The highest BCUT2D eigenvalue weighted by Gasteiger charge is 2.36. The summed E-state index contributed by atoms with van der Waals surface area (Å²) in [5.41, 5.74) is 2.49. The molecule has 3 rings (SSSR count). The molecule has 4 nitrogen and oxygen atoms in total. The second kappa shape index (κ2) is 5.32. The highest BCUT2D eigenvalue weighted by molar-refractivity contribution is 6.24. The molecule has 0 aromatic heterocycles. The first kappa shape index (κ1) is 13.2. The molecule has 0 N–H and O–H groups in total. The molecule has 0 fully saturated rings. The summed E-state index contributed by atoms with van der Waals surface area (Å²) in [4.78, 5) is 36.4. The third-order valence-electron chi connectivity index (χ3n) is 3.55. The molecule has 2 aromatic rings. The van der Waals surface area contributed by atoms with E-state index >= 15 is 0 Å². The first-order chi connectivity index (χ1) is 10.2. The van der Waals surface area contributed by atoms with Crippen molar-refractivity contribution in [1.29, 1.82) is 0 Å². The predicted octanol–water partition coefficient (Wildman–Crippen LogP) is 2.54. The van der Waals surface area contributed by atoms with Gasteiger partial charge in [-0.25, -0.2) is 0 Å². The summed E-state index contributed by atoms with van der Waals surface area (Å²) >= 11 is 0. The van der Waals surface area contributed by atoms with E-state index in [1.54, 1.807) is 12.1 Å². The van der Waals surface area contributed by atoms with Crippen molar-refractivity contribution in [3.05, 3.63) is 59.7 Å². The topological polar surface area (TPSA) is 54.5 Å². The number of rotatable bonds is 4. The Hall–Kier alpha value is -2.75. The maximum atomic E-state index is 12.5. The molecule has 2 aromatic carbocycles. The fourth-order valence-corrected chi connectivity index (χ4v) is 2.58. The summed E-state index contributed by atoms with van der Waals surface area (Å²) in [6.07, 6.45) is 0.869. The molecule has 104 valence electrons. The number of carbonyl (C=O) groups excluding carboxylic acids is 3. The Morgan fingerprint density at radius 2 is 1.57 bits per heavy atom. The second-order valence-corrected chi connectivity index (χ2v) is 4.81. The number of hydrogen-bond donors (Lipinski definition) is 0. The van der Waals surface area contributed by atoms with Gasteiger partial charge in [0.2, 0.25) is 0 Å². The van der Waals surface area contributed by atoms with Crippen molar-refractivity contribution in [1.82, 2.24) is 4.90 Å². The predicted molar refractivity (Wildman–Crippen MR) is 77.9 cm³/mol. The number of hydrogen-bond acceptors (Lipinski definition) is 3. The monoisotopic (exact) mass is 279 g/mol. The zero-order valence-electron chi connectivity index (χ0n) is 11.3. The molecule has 0 saturated heterocycles. The first-order valence-corrected chi connectivity index (χ1v) is 6.72. The van der Waals surface area contributed by atoms with Crippen molar-refractivity contribution in [3.8, 4) is 11.1 Å². The highest BCUT2D eigenvalue weighted by atomic mass is 16.2. The van der Waals surface area contributed by atoms with Crippen LogP contribution in [0, 0.1) is 0 Å². The van der Waals surface area contributed by atoms with Gasteiger partial charge < -0.3 is 4.79 Å². The number of fused-ring (bicyclic) bond motifs is 1. The molecule has 0 atom stereocenters. The lowest BCUT2D eigenvalue weighted by Crippen LogP contribution is -2.30. The lowest BCUT2D eigenvalue weighted by molar-refractivity contribution is -0.107. The summed E-state index contributed by atoms with van der Waals surface area (Å²) < 4.78 is 0. The molecule has 1 aliphatic rings. The number of aldehydes is 1. The van der Waals surface area contributed by atoms with Gasteiger partial charge in [-0.1, -0.05) is 42.5 Å². The minimum atomic E-state index is -0.324. The number of imide groups is 1. The van der Waals surface area contributed by atoms with Crippen molar-refractivity contribution in [2.24, 2.45) is 0 Å². The molecule has 0 unspecified atom stereocenters. The van der Waals surface area contributed by atoms with Crippen molar-refractivity contribution < 1.29 is 14.4 Å². The smallest absolute Gasteiger partial charge is 0.262 e. The molecule has 21 heavy (non-hydrogen) atoms. The van der Waals surface area contributed by atoms with E-state index in [0.717, 1.165) is 16.0 Å². The molecule has 0 bridgehead atoms. The summed E-state index contributed by atoms with van der Waals surface area (Å²) in [6, 6.07) is 14.8. The van der Waals surface area contributed by atoms with E-state index < -0.39 is 0 Å². The Morgan fingerprint density at radius 1 is 0.857 bits per heavy atom. The van der Waals surface area contributed by atoms with Gasteiger partial charge in [0.15, 0.2) is 0 Å². The number of carbonyl (C=O) groups is 3. The zero-order valence-corrected chi connectivity index (χ0v) is 11.3. The van der Waals surface area contributed by atoms with Crippen LogP contribution in [0.5, 0.6) is 0 Å². The molecule has 4 heteroatoms. The molecule has 2 amide bonds. The minimum Gasteiger partial charge on any atom is -0.303 e. The molecular formula is C17H13NO3. The number of nitrogens with zero attached hydrogens (tertiary/aromatic N) is 1. The Kier molecular flexibility index (Phi) is 3.36. The van der Waals surface area contributed by atoms with Crippen molar-refractivity contribution >= 4 is 18.1 Å². The van der Waals surface area contributed by atoms with E-state index in [-0.39, 0.29) is 24.8 Å². The molecule has 0 spiro atoms. The van der Waals surface area contributed by atoms with Crippen LogP contribution in [0.2, 0.25) is 0 Å². The summed E-state index contributed by atoms with van der Waals surface area (Å²) in [5.74, 6) is -0.647. The van der Waals surface area contributed by atoms with E-state index in [0.29, 0.717) is 17.4 Å². The maximum Gasteiger partial charge on any atom is 0.262 e. The van der Waals surface area contributed by atoms with Gasteiger partial charge in [-0.3, -0.25) is 14.5 Å². The fraction of sp³-hybridized carbons (Fsp3) is 0.118. The third-order valence-corrected chi connectivity index (χ3v) is 3.55. The average Bonchev–Trinajstić information content (AvgIpc) is 2.78. The van der Waals surface area contributed by atoms with Gasteiger partial charge in [0.25, 0.3) is 11.8 Å². The highest BCUT2D eigenvalue weighted by Crippen LogP contribution is 2.32. The molecular weight excluding hydrogens is 266 g/mol. The van der Waals surface area contributed by atoms with Crippen LogP contribution in [-0.4, -0.2) is 29.5 Å². The van der Waals surface area contributed by atoms with Crippen LogP contribution >= 0.6 is 0 Å². The molecule has 1 heterocycles. The van der Waals surface area contributed by atoms with Crippen LogP contribution in [0.4, 0.5) is 0 Å². The minimum absolute atomic E-state index is 0.129. The van der Waals surface area contributed by atoms with E-state index in [4.69, 9.17) is 0 Å².